The van der Waals surface area contributed by atoms with Gasteiger partial charge in [0.15, 0.2) is 5.82 Å². The fourth-order valence-electron chi connectivity index (χ4n) is 2.32. The van der Waals surface area contributed by atoms with Gasteiger partial charge in [-0.05, 0) is 33.1 Å². The Hall–Kier alpha value is -2.11. The normalized spacial score (nSPS) is 10.6. The molecular formula is C18H15BrClN3O. The molecule has 0 aliphatic heterocycles. The first-order valence-corrected chi connectivity index (χ1v) is 8.59. The number of nitrogens with zero attached hydrogens (tertiary/aromatic N) is 2. The Morgan fingerprint density at radius 2 is 1.83 bits per heavy atom. The fraction of sp³-hybridized carbons (Fsp3) is 0.111. The predicted molar refractivity (Wildman–Crippen MR) is 99.3 cm³/mol. The number of rotatable bonds is 5. The molecule has 0 aliphatic carbocycles. The number of amides is 1. The van der Waals surface area contributed by atoms with Gasteiger partial charge in [0.05, 0.1) is 17.4 Å². The highest BCUT2D eigenvalue weighted by Gasteiger charge is 2.11. The van der Waals surface area contributed by atoms with Crippen LogP contribution < -0.4 is 5.32 Å². The lowest BCUT2D eigenvalue weighted by atomic mass is 10.1. The van der Waals surface area contributed by atoms with Gasteiger partial charge < -0.3 is 5.32 Å². The van der Waals surface area contributed by atoms with Gasteiger partial charge in [-0.3, -0.25) is 9.48 Å². The van der Waals surface area contributed by atoms with Gasteiger partial charge in [0.1, 0.15) is 0 Å². The predicted octanol–water partition coefficient (Wildman–Crippen LogP) is 4.53. The third kappa shape index (κ3) is 4.24. The van der Waals surface area contributed by atoms with E-state index in [1.807, 2.05) is 60.8 Å². The second-order valence-electron chi connectivity index (χ2n) is 5.33. The van der Waals surface area contributed by atoms with Gasteiger partial charge in [-0.15, -0.1) is 0 Å². The first-order chi connectivity index (χ1) is 11.6. The molecule has 1 amide bonds. The van der Waals surface area contributed by atoms with Crippen molar-refractivity contribution in [1.82, 2.24) is 9.78 Å². The standard InChI is InChI=1S/C18H15BrClN3O/c19-15-12-23(11-14-8-4-5-9-16(14)20)22-18(15)21-17(24)10-13-6-2-1-3-7-13/h1-9,12H,10-11H2,(H,21,22,24). The van der Waals surface area contributed by atoms with E-state index in [0.717, 1.165) is 15.6 Å². The number of nitrogens with one attached hydrogen (secondary N) is 1. The maximum atomic E-state index is 12.2. The smallest absolute Gasteiger partial charge is 0.230 e. The third-order valence-corrected chi connectivity index (χ3v) is 4.42. The van der Waals surface area contributed by atoms with Gasteiger partial charge in [0.2, 0.25) is 5.91 Å². The molecule has 1 aromatic heterocycles. The number of benzene rings is 2. The number of hydrogen-bond donors (Lipinski definition) is 1. The summed E-state index contributed by atoms with van der Waals surface area (Å²) in [5.41, 5.74) is 1.93. The van der Waals surface area contributed by atoms with Crippen LogP contribution in [0, 0.1) is 0 Å². The molecule has 0 unspecified atom stereocenters. The lowest BCUT2D eigenvalue weighted by Gasteiger charge is -2.04. The Labute approximate surface area is 153 Å². The summed E-state index contributed by atoms with van der Waals surface area (Å²) >= 11 is 9.60. The summed E-state index contributed by atoms with van der Waals surface area (Å²) in [7, 11) is 0. The molecule has 0 bridgehead atoms. The summed E-state index contributed by atoms with van der Waals surface area (Å²) in [4.78, 5) is 12.2. The molecule has 0 saturated carbocycles. The molecule has 0 radical (unpaired) electrons. The highest BCUT2D eigenvalue weighted by Crippen LogP contribution is 2.22. The fourth-order valence-corrected chi connectivity index (χ4v) is 2.93. The number of aromatic nitrogens is 2. The molecule has 0 atom stereocenters. The van der Waals surface area contributed by atoms with Crippen LogP contribution in [0.2, 0.25) is 5.02 Å². The van der Waals surface area contributed by atoms with E-state index in [9.17, 15) is 4.79 Å². The van der Waals surface area contributed by atoms with Gasteiger partial charge in [-0.25, -0.2) is 0 Å². The average Bonchev–Trinajstić information content (AvgIpc) is 2.90. The molecule has 0 saturated heterocycles. The zero-order valence-corrected chi connectivity index (χ0v) is 15.1. The number of anilines is 1. The number of carbonyl (C=O) groups excluding carboxylic acids is 1. The monoisotopic (exact) mass is 403 g/mol. The van der Waals surface area contributed by atoms with Crippen molar-refractivity contribution >= 4 is 39.3 Å². The van der Waals surface area contributed by atoms with Gasteiger partial charge in [-0.2, -0.15) is 5.10 Å². The summed E-state index contributed by atoms with van der Waals surface area (Å²) < 4.78 is 2.47. The second-order valence-corrected chi connectivity index (χ2v) is 6.59. The van der Waals surface area contributed by atoms with Crippen molar-refractivity contribution in [2.24, 2.45) is 0 Å². The van der Waals surface area contributed by atoms with Crippen LogP contribution in [0.3, 0.4) is 0 Å². The van der Waals surface area contributed by atoms with Crippen molar-refractivity contribution in [3.05, 3.63) is 81.4 Å². The van der Waals surface area contributed by atoms with Crippen LogP contribution in [-0.4, -0.2) is 15.7 Å². The lowest BCUT2D eigenvalue weighted by molar-refractivity contribution is -0.115. The van der Waals surface area contributed by atoms with Crippen LogP contribution in [-0.2, 0) is 17.8 Å². The van der Waals surface area contributed by atoms with E-state index in [1.54, 1.807) is 4.68 Å². The van der Waals surface area contributed by atoms with E-state index in [2.05, 4.69) is 26.3 Å². The molecule has 2 aromatic carbocycles. The molecule has 24 heavy (non-hydrogen) atoms. The Morgan fingerprint density at radius 3 is 2.58 bits per heavy atom. The van der Waals surface area contributed by atoms with Gasteiger partial charge in [0, 0.05) is 11.2 Å². The van der Waals surface area contributed by atoms with Crippen LogP contribution >= 0.6 is 27.5 Å². The van der Waals surface area contributed by atoms with E-state index in [-0.39, 0.29) is 5.91 Å². The topological polar surface area (TPSA) is 46.9 Å². The molecule has 122 valence electrons. The zero-order valence-electron chi connectivity index (χ0n) is 12.7. The van der Waals surface area contributed by atoms with Gasteiger partial charge >= 0.3 is 0 Å². The summed E-state index contributed by atoms with van der Waals surface area (Å²) in [6, 6.07) is 17.2. The Balaban J connectivity index is 1.68. The van der Waals surface area contributed by atoms with E-state index in [4.69, 9.17) is 11.6 Å². The van der Waals surface area contributed by atoms with Crippen molar-refractivity contribution in [1.29, 1.82) is 0 Å². The first kappa shape index (κ1) is 16.7. The minimum absolute atomic E-state index is 0.107. The Kier molecular flexibility index (Phi) is 5.33. The maximum absolute atomic E-state index is 12.2. The molecule has 3 rings (SSSR count). The van der Waals surface area contributed by atoms with Crippen molar-refractivity contribution in [2.75, 3.05) is 5.32 Å². The summed E-state index contributed by atoms with van der Waals surface area (Å²) in [5.74, 6) is 0.396. The largest absolute Gasteiger partial charge is 0.308 e. The van der Waals surface area contributed by atoms with Gasteiger partial charge in [0.25, 0.3) is 0 Å². The SMILES string of the molecule is O=C(Cc1ccccc1)Nc1nn(Cc2ccccc2Cl)cc1Br. The van der Waals surface area contributed by atoms with Crippen molar-refractivity contribution in [3.8, 4) is 0 Å². The molecule has 6 heteroatoms. The molecule has 3 aromatic rings. The minimum atomic E-state index is -0.107. The van der Waals surface area contributed by atoms with Crippen LogP contribution in [0.15, 0.2) is 65.3 Å². The lowest BCUT2D eigenvalue weighted by Crippen LogP contribution is -2.15. The minimum Gasteiger partial charge on any atom is -0.308 e. The van der Waals surface area contributed by atoms with Gasteiger partial charge in [-0.1, -0.05) is 60.1 Å². The van der Waals surface area contributed by atoms with E-state index >= 15 is 0 Å². The second kappa shape index (κ2) is 7.64. The number of hydrogen-bond acceptors (Lipinski definition) is 2. The molecule has 0 spiro atoms. The first-order valence-electron chi connectivity index (χ1n) is 7.42. The van der Waals surface area contributed by atoms with Crippen LogP contribution in [0.4, 0.5) is 5.82 Å². The molecule has 4 nitrogen and oxygen atoms in total. The van der Waals surface area contributed by atoms with E-state index in [1.165, 1.54) is 0 Å². The molecule has 1 heterocycles. The van der Waals surface area contributed by atoms with Crippen molar-refractivity contribution in [2.45, 2.75) is 13.0 Å². The quantitative estimate of drug-likeness (QED) is 0.679. The third-order valence-electron chi connectivity index (χ3n) is 3.47. The number of halogens is 2. The molecule has 1 N–H and O–H groups in total. The Morgan fingerprint density at radius 1 is 1.12 bits per heavy atom. The highest BCUT2D eigenvalue weighted by atomic mass is 79.9. The molecule has 0 aliphatic rings. The number of carbonyl (C=O) groups is 1. The summed E-state index contributed by atoms with van der Waals surface area (Å²) in [6.07, 6.45) is 2.13. The summed E-state index contributed by atoms with van der Waals surface area (Å²) in [5, 5.41) is 7.93. The van der Waals surface area contributed by atoms with Crippen molar-refractivity contribution in [3.63, 3.8) is 0 Å². The average molecular weight is 405 g/mol. The van der Waals surface area contributed by atoms with Crippen LogP contribution in [0.25, 0.3) is 0 Å². The zero-order chi connectivity index (χ0) is 16.9. The Bertz CT molecular complexity index is 848. The highest BCUT2D eigenvalue weighted by molar-refractivity contribution is 9.10. The van der Waals surface area contributed by atoms with Crippen LogP contribution in [0.1, 0.15) is 11.1 Å². The van der Waals surface area contributed by atoms with Crippen molar-refractivity contribution < 1.29 is 4.79 Å². The van der Waals surface area contributed by atoms with E-state index in [0.29, 0.717) is 23.8 Å². The van der Waals surface area contributed by atoms with Crippen LogP contribution in [0.5, 0.6) is 0 Å². The molecule has 0 fully saturated rings. The molecular weight excluding hydrogens is 390 g/mol. The maximum Gasteiger partial charge on any atom is 0.230 e. The summed E-state index contributed by atoms with van der Waals surface area (Å²) in [6.45, 7) is 0.535. The van der Waals surface area contributed by atoms with E-state index < -0.39 is 0 Å².